The van der Waals surface area contributed by atoms with Crippen LogP contribution in [-0.2, 0) is 0 Å². The zero-order valence-electron chi connectivity index (χ0n) is 13.4. The van der Waals surface area contributed by atoms with Gasteiger partial charge in [-0.05, 0) is 25.2 Å². The number of ether oxygens (including phenoxy) is 1. The number of aliphatic hydroxyl groups is 1. The predicted molar refractivity (Wildman–Crippen MR) is 83.8 cm³/mol. The zero-order valence-corrected chi connectivity index (χ0v) is 13.4. The number of rotatable bonds is 10. The van der Waals surface area contributed by atoms with Gasteiger partial charge in [0, 0.05) is 19.7 Å². The van der Waals surface area contributed by atoms with Crippen molar-refractivity contribution in [3.05, 3.63) is 0 Å². The molecular weight excluding hydrogens is 270 g/mol. The highest BCUT2D eigenvalue weighted by Crippen LogP contribution is 2.20. The van der Waals surface area contributed by atoms with Crippen molar-refractivity contribution in [1.82, 2.24) is 15.0 Å². The number of hydrogen-bond donors (Lipinski definition) is 3. The second kappa shape index (κ2) is 8.61. The summed E-state index contributed by atoms with van der Waals surface area (Å²) in [6.07, 6.45) is 1.70. The Morgan fingerprint density at radius 3 is 2.33 bits per heavy atom. The molecule has 0 aliphatic carbocycles. The van der Waals surface area contributed by atoms with Crippen LogP contribution >= 0.6 is 0 Å². The van der Waals surface area contributed by atoms with Gasteiger partial charge in [-0.2, -0.15) is 15.0 Å². The molecule has 1 aromatic rings. The smallest absolute Gasteiger partial charge is 0.323 e. The normalized spacial score (nSPS) is 11.3. The summed E-state index contributed by atoms with van der Waals surface area (Å²) in [7, 11) is 0. The molecule has 0 atom stereocenters. The van der Waals surface area contributed by atoms with Crippen molar-refractivity contribution < 1.29 is 9.84 Å². The Morgan fingerprint density at radius 2 is 1.76 bits per heavy atom. The van der Waals surface area contributed by atoms with Gasteiger partial charge in [-0.25, -0.2) is 0 Å². The molecule has 7 nitrogen and oxygen atoms in total. The Labute approximate surface area is 126 Å². The average molecular weight is 297 g/mol. The number of anilines is 2. The van der Waals surface area contributed by atoms with E-state index in [1.54, 1.807) is 0 Å². The molecule has 7 heteroatoms. The molecule has 0 amide bonds. The van der Waals surface area contributed by atoms with Crippen molar-refractivity contribution in [1.29, 1.82) is 0 Å². The number of aliphatic hydroxyl groups excluding tert-OH is 1. The van der Waals surface area contributed by atoms with E-state index >= 15 is 0 Å². The molecule has 0 radical (unpaired) electrons. The van der Waals surface area contributed by atoms with E-state index in [4.69, 9.17) is 9.84 Å². The van der Waals surface area contributed by atoms with E-state index in [1.165, 1.54) is 0 Å². The quantitative estimate of drug-likeness (QED) is 0.607. The Bertz CT molecular complexity index is 426. The maximum absolute atomic E-state index is 9.06. The fourth-order valence-electron chi connectivity index (χ4n) is 1.65. The van der Waals surface area contributed by atoms with Crippen LogP contribution in [0.1, 0.15) is 40.5 Å². The highest BCUT2D eigenvalue weighted by molar-refractivity contribution is 5.36. The lowest BCUT2D eigenvalue weighted by Crippen LogP contribution is -2.25. The summed E-state index contributed by atoms with van der Waals surface area (Å²) >= 11 is 0. The molecule has 0 bridgehead atoms. The first-order chi connectivity index (χ1) is 10.0. The second-order valence-corrected chi connectivity index (χ2v) is 5.62. The molecule has 21 heavy (non-hydrogen) atoms. The van der Waals surface area contributed by atoms with Crippen LogP contribution in [0, 0.1) is 5.41 Å². The first-order valence-electron chi connectivity index (χ1n) is 7.48. The summed E-state index contributed by atoms with van der Waals surface area (Å²) in [4.78, 5) is 12.8. The largest absolute Gasteiger partial charge is 0.464 e. The number of aromatic nitrogens is 3. The second-order valence-electron chi connectivity index (χ2n) is 5.62. The van der Waals surface area contributed by atoms with E-state index in [0.717, 1.165) is 13.0 Å². The third kappa shape index (κ3) is 6.57. The van der Waals surface area contributed by atoms with E-state index in [2.05, 4.69) is 46.4 Å². The molecule has 1 aromatic heterocycles. The molecule has 3 N–H and O–H groups in total. The van der Waals surface area contributed by atoms with Gasteiger partial charge in [-0.1, -0.05) is 20.8 Å². The summed E-state index contributed by atoms with van der Waals surface area (Å²) in [6.45, 7) is 10.3. The predicted octanol–water partition coefficient (Wildman–Crippen LogP) is 1.91. The Balaban J connectivity index is 2.77. The van der Waals surface area contributed by atoms with Crippen molar-refractivity contribution in [3.63, 3.8) is 0 Å². The Morgan fingerprint density at radius 1 is 1.10 bits per heavy atom. The Kier molecular flexibility index (Phi) is 7.14. The molecule has 0 saturated carbocycles. The topological polar surface area (TPSA) is 92.2 Å². The first kappa shape index (κ1) is 17.4. The third-order valence-electron chi connectivity index (χ3n) is 2.94. The summed E-state index contributed by atoms with van der Waals surface area (Å²) in [5.41, 5.74) is -0.0375. The summed E-state index contributed by atoms with van der Waals surface area (Å²) in [6, 6.07) is 0.313. The first-order valence-corrected chi connectivity index (χ1v) is 7.48. The van der Waals surface area contributed by atoms with Gasteiger partial charge in [0.2, 0.25) is 11.9 Å². The standard InChI is InChI=1S/C14H27N5O2/c1-5-8-15-11-17-12(19-13(18-11)21-6-2)16-10-14(3,4)7-9-20/h20H,5-10H2,1-4H3,(H2,15,16,17,18,19). The zero-order chi connectivity index (χ0) is 15.7. The number of hydrogen-bond acceptors (Lipinski definition) is 7. The molecule has 0 aliphatic rings. The van der Waals surface area contributed by atoms with Crippen LogP contribution < -0.4 is 15.4 Å². The van der Waals surface area contributed by atoms with Crippen molar-refractivity contribution in [2.24, 2.45) is 5.41 Å². The van der Waals surface area contributed by atoms with Crippen LogP contribution in [0.15, 0.2) is 0 Å². The molecule has 1 rings (SSSR count). The molecule has 0 unspecified atom stereocenters. The monoisotopic (exact) mass is 297 g/mol. The van der Waals surface area contributed by atoms with Crippen LogP contribution in [0.4, 0.5) is 11.9 Å². The lowest BCUT2D eigenvalue weighted by Gasteiger charge is -2.23. The van der Waals surface area contributed by atoms with E-state index in [0.29, 0.717) is 37.5 Å². The highest BCUT2D eigenvalue weighted by Gasteiger charge is 2.18. The third-order valence-corrected chi connectivity index (χ3v) is 2.94. The minimum absolute atomic E-state index is 0.0375. The van der Waals surface area contributed by atoms with Crippen LogP contribution in [0.3, 0.4) is 0 Å². The fourth-order valence-corrected chi connectivity index (χ4v) is 1.65. The maximum atomic E-state index is 9.06. The van der Waals surface area contributed by atoms with Crippen LogP contribution in [0.2, 0.25) is 0 Å². The van der Waals surface area contributed by atoms with Gasteiger partial charge in [-0.15, -0.1) is 0 Å². The van der Waals surface area contributed by atoms with Gasteiger partial charge in [0.05, 0.1) is 6.61 Å². The van der Waals surface area contributed by atoms with Gasteiger partial charge in [-0.3, -0.25) is 0 Å². The number of nitrogens with zero attached hydrogens (tertiary/aromatic N) is 3. The van der Waals surface area contributed by atoms with E-state index in [1.807, 2.05) is 6.92 Å². The van der Waals surface area contributed by atoms with Gasteiger partial charge in [0.25, 0.3) is 0 Å². The molecule has 0 saturated heterocycles. The van der Waals surface area contributed by atoms with Crippen LogP contribution in [0.5, 0.6) is 6.01 Å². The van der Waals surface area contributed by atoms with E-state index < -0.39 is 0 Å². The lowest BCUT2D eigenvalue weighted by molar-refractivity contribution is 0.220. The SMILES string of the molecule is CCCNc1nc(NCC(C)(C)CCO)nc(OCC)n1. The molecule has 0 aliphatic heterocycles. The molecule has 0 aromatic carbocycles. The Hall–Kier alpha value is -1.63. The fraction of sp³-hybridized carbons (Fsp3) is 0.786. The van der Waals surface area contributed by atoms with Gasteiger partial charge < -0.3 is 20.5 Å². The molecule has 120 valence electrons. The van der Waals surface area contributed by atoms with Crippen molar-refractivity contribution in [2.75, 3.05) is 36.9 Å². The minimum Gasteiger partial charge on any atom is -0.464 e. The molecule has 1 heterocycles. The van der Waals surface area contributed by atoms with E-state index in [-0.39, 0.29) is 12.0 Å². The minimum atomic E-state index is -0.0375. The molecule has 0 fully saturated rings. The van der Waals surface area contributed by atoms with Crippen molar-refractivity contribution >= 4 is 11.9 Å². The van der Waals surface area contributed by atoms with Gasteiger partial charge >= 0.3 is 6.01 Å². The molecular formula is C14H27N5O2. The average Bonchev–Trinajstić information content (AvgIpc) is 2.43. The van der Waals surface area contributed by atoms with Gasteiger partial charge in [0.1, 0.15) is 0 Å². The van der Waals surface area contributed by atoms with Crippen LogP contribution in [-0.4, -0.2) is 46.4 Å². The summed E-state index contributed by atoms with van der Waals surface area (Å²) in [5.74, 6) is 0.996. The summed E-state index contributed by atoms with van der Waals surface area (Å²) in [5, 5.41) is 15.4. The van der Waals surface area contributed by atoms with Gasteiger partial charge in [0.15, 0.2) is 0 Å². The highest BCUT2D eigenvalue weighted by atomic mass is 16.5. The van der Waals surface area contributed by atoms with Crippen molar-refractivity contribution in [2.45, 2.75) is 40.5 Å². The number of nitrogens with one attached hydrogen (secondary N) is 2. The lowest BCUT2D eigenvalue weighted by atomic mass is 9.90. The van der Waals surface area contributed by atoms with E-state index in [9.17, 15) is 0 Å². The maximum Gasteiger partial charge on any atom is 0.323 e. The molecule has 0 spiro atoms. The summed E-state index contributed by atoms with van der Waals surface area (Å²) < 4.78 is 5.36. The van der Waals surface area contributed by atoms with Crippen molar-refractivity contribution in [3.8, 4) is 6.01 Å². The van der Waals surface area contributed by atoms with Crippen LogP contribution in [0.25, 0.3) is 0 Å².